The summed E-state index contributed by atoms with van der Waals surface area (Å²) in [6, 6.07) is 27.8. The lowest BCUT2D eigenvalue weighted by Gasteiger charge is -2.24. The van der Waals surface area contributed by atoms with E-state index >= 15 is 0 Å². The number of rotatable bonds is 14. The van der Waals surface area contributed by atoms with Crippen molar-refractivity contribution in [3.63, 3.8) is 0 Å². The van der Waals surface area contributed by atoms with Crippen molar-refractivity contribution in [3.8, 4) is 17.2 Å². The fourth-order valence-electron chi connectivity index (χ4n) is 4.22. The van der Waals surface area contributed by atoms with Crippen LogP contribution in [-0.4, -0.2) is 34.4 Å². The quantitative estimate of drug-likeness (QED) is 0.0885. The van der Waals surface area contributed by atoms with E-state index in [0.29, 0.717) is 52.0 Å². The minimum Gasteiger partial charge on any atom is -0.494 e. The smallest absolute Gasteiger partial charge is 0.305 e. The maximum absolute atomic E-state index is 12.6. The molecule has 0 heterocycles. The Bertz CT molecular complexity index is 1530. The van der Waals surface area contributed by atoms with Gasteiger partial charge in [-0.3, -0.25) is 14.1 Å². The molecule has 0 aliphatic rings. The molecular weight excluding hydrogens is 568 g/mol. The molecule has 4 aromatic rings. The number of ether oxygens (including phenoxy) is 3. The molecule has 1 amide bonds. The van der Waals surface area contributed by atoms with Crippen LogP contribution in [-0.2, 0) is 27.2 Å². The number of benzene rings is 4. The Balaban J connectivity index is 1.54. The molecule has 0 radical (unpaired) electrons. The summed E-state index contributed by atoms with van der Waals surface area (Å²) in [5.41, 5.74) is 2.69. The zero-order valence-corrected chi connectivity index (χ0v) is 24.8. The molecule has 43 heavy (non-hydrogen) atoms. The molecule has 1 atom stereocenters. The highest BCUT2D eigenvalue weighted by Gasteiger charge is 2.20. The topological polar surface area (TPSA) is 114 Å². The van der Waals surface area contributed by atoms with Crippen molar-refractivity contribution in [2.24, 2.45) is 0 Å². The third-order valence-electron chi connectivity index (χ3n) is 6.47. The standard InChI is InChI=1S/C33H34N2O7S/c1-3-4-22-41-28-17-13-27(14-18-28)35(43(38)39)31-20-19-30(23-25(31)10-21-32(36)40-2)42-29-15-11-26(12-16-29)34-33(37)24-8-6-5-7-9-24/h5-9,11-20,23H,3-4,10,21-22H2,1-2H3,(H,34,37)(H,38,39). The highest BCUT2D eigenvalue weighted by Crippen LogP contribution is 2.35. The molecule has 0 bridgehead atoms. The number of carbonyl (C=O) groups is 2. The summed E-state index contributed by atoms with van der Waals surface area (Å²) in [6.45, 7) is 2.68. The van der Waals surface area contributed by atoms with Gasteiger partial charge in [0.1, 0.15) is 17.2 Å². The minimum atomic E-state index is -2.41. The second-order valence-corrected chi connectivity index (χ2v) is 10.4. The van der Waals surface area contributed by atoms with Gasteiger partial charge in [-0.25, -0.2) is 8.51 Å². The lowest BCUT2D eigenvalue weighted by molar-refractivity contribution is -0.140. The summed E-state index contributed by atoms with van der Waals surface area (Å²) in [6.07, 6.45) is 2.26. The van der Waals surface area contributed by atoms with Crippen molar-refractivity contribution in [2.45, 2.75) is 32.6 Å². The van der Waals surface area contributed by atoms with E-state index in [1.165, 1.54) is 11.4 Å². The molecular formula is C33H34N2O7S. The molecule has 0 spiro atoms. The fourth-order valence-corrected chi connectivity index (χ4v) is 4.87. The van der Waals surface area contributed by atoms with E-state index in [0.717, 1.165) is 12.8 Å². The number of aryl methyl sites for hydroxylation is 1. The summed E-state index contributed by atoms with van der Waals surface area (Å²) in [5.74, 6) is 1.03. The zero-order valence-electron chi connectivity index (χ0n) is 24.0. The van der Waals surface area contributed by atoms with Gasteiger partial charge in [-0.2, -0.15) is 0 Å². The number of amides is 1. The van der Waals surface area contributed by atoms with Gasteiger partial charge in [0.2, 0.25) is 0 Å². The molecule has 4 rings (SSSR count). The van der Waals surface area contributed by atoms with Crippen LogP contribution in [0.1, 0.15) is 42.1 Å². The van der Waals surface area contributed by atoms with E-state index in [-0.39, 0.29) is 18.7 Å². The lowest BCUT2D eigenvalue weighted by atomic mass is 10.1. The average molecular weight is 603 g/mol. The van der Waals surface area contributed by atoms with E-state index < -0.39 is 17.2 Å². The van der Waals surface area contributed by atoms with Gasteiger partial charge in [0.25, 0.3) is 17.2 Å². The fraction of sp³-hybridized carbons (Fsp3) is 0.212. The highest BCUT2D eigenvalue weighted by atomic mass is 32.2. The number of carbonyl (C=O) groups excluding carboxylic acids is 2. The second kappa shape index (κ2) is 15.5. The minimum absolute atomic E-state index is 0.0683. The molecule has 0 saturated heterocycles. The number of nitrogens with zero attached hydrogens (tertiary/aromatic N) is 1. The molecule has 0 aliphatic carbocycles. The molecule has 0 aromatic heterocycles. The maximum atomic E-state index is 12.6. The second-order valence-electron chi connectivity index (χ2n) is 9.53. The van der Waals surface area contributed by atoms with Crippen LogP contribution in [0.25, 0.3) is 0 Å². The zero-order chi connectivity index (χ0) is 30.6. The van der Waals surface area contributed by atoms with E-state index in [4.69, 9.17) is 14.2 Å². The number of hydrogen-bond acceptors (Lipinski definition) is 6. The maximum Gasteiger partial charge on any atom is 0.305 e. The first-order valence-electron chi connectivity index (χ1n) is 13.9. The molecule has 0 aliphatic heterocycles. The van der Waals surface area contributed by atoms with Gasteiger partial charge in [0.05, 0.1) is 25.1 Å². The normalized spacial score (nSPS) is 11.3. The Morgan fingerprint density at radius 3 is 2.21 bits per heavy atom. The van der Waals surface area contributed by atoms with Crippen molar-refractivity contribution >= 4 is 40.2 Å². The number of hydrogen-bond donors (Lipinski definition) is 2. The molecule has 4 aromatic carbocycles. The molecule has 1 unspecified atom stereocenters. The SMILES string of the molecule is CCCCOc1ccc(N(c2ccc(Oc3ccc(NC(=O)c4ccccc4)cc3)cc2CCC(=O)OC)S(=O)O)cc1. The molecule has 0 fully saturated rings. The van der Waals surface area contributed by atoms with E-state index in [1.807, 2.05) is 6.07 Å². The first-order valence-corrected chi connectivity index (χ1v) is 14.9. The summed E-state index contributed by atoms with van der Waals surface area (Å²) in [7, 11) is 1.31. The van der Waals surface area contributed by atoms with Crippen LogP contribution in [0, 0.1) is 0 Å². The third-order valence-corrected chi connectivity index (χ3v) is 7.19. The van der Waals surface area contributed by atoms with Crippen molar-refractivity contribution in [3.05, 3.63) is 108 Å². The van der Waals surface area contributed by atoms with E-state index in [2.05, 4.69) is 12.2 Å². The van der Waals surface area contributed by atoms with Gasteiger partial charge < -0.3 is 19.5 Å². The monoisotopic (exact) mass is 602 g/mol. The Kier molecular flexibility index (Phi) is 11.3. The lowest BCUT2D eigenvalue weighted by Crippen LogP contribution is -2.21. The van der Waals surface area contributed by atoms with Crippen LogP contribution in [0.15, 0.2) is 97.1 Å². The Morgan fingerprint density at radius 2 is 1.56 bits per heavy atom. The number of nitrogens with one attached hydrogen (secondary N) is 1. The van der Waals surface area contributed by atoms with Crippen LogP contribution >= 0.6 is 0 Å². The molecule has 0 saturated carbocycles. The van der Waals surface area contributed by atoms with Gasteiger partial charge in [-0.15, -0.1) is 0 Å². The molecule has 224 valence electrons. The number of unbranched alkanes of at least 4 members (excludes halogenated alkanes) is 1. The Labute approximate surface area is 253 Å². The first kappa shape index (κ1) is 31.3. The largest absolute Gasteiger partial charge is 0.494 e. The van der Waals surface area contributed by atoms with Gasteiger partial charge in [-0.1, -0.05) is 31.5 Å². The Morgan fingerprint density at radius 1 is 0.884 bits per heavy atom. The van der Waals surface area contributed by atoms with Crippen LogP contribution in [0.3, 0.4) is 0 Å². The number of methoxy groups -OCH3 is 1. The van der Waals surface area contributed by atoms with Gasteiger partial charge in [-0.05, 0) is 97.3 Å². The predicted octanol–water partition coefficient (Wildman–Crippen LogP) is 7.29. The van der Waals surface area contributed by atoms with Crippen molar-refractivity contribution in [2.75, 3.05) is 23.3 Å². The Hall–Kier alpha value is -4.67. The number of anilines is 3. The summed E-state index contributed by atoms with van der Waals surface area (Å²) >= 11 is -2.41. The van der Waals surface area contributed by atoms with Crippen LogP contribution < -0.4 is 19.1 Å². The first-order chi connectivity index (χ1) is 20.9. The summed E-state index contributed by atoms with van der Waals surface area (Å²) in [4.78, 5) is 24.4. The summed E-state index contributed by atoms with van der Waals surface area (Å²) in [5, 5.41) is 2.85. The van der Waals surface area contributed by atoms with Crippen LogP contribution in [0.4, 0.5) is 17.1 Å². The van der Waals surface area contributed by atoms with Crippen LogP contribution in [0.5, 0.6) is 17.2 Å². The van der Waals surface area contributed by atoms with Crippen molar-refractivity contribution < 1.29 is 32.6 Å². The van der Waals surface area contributed by atoms with Gasteiger partial charge >= 0.3 is 5.97 Å². The van der Waals surface area contributed by atoms with Gasteiger partial charge in [0, 0.05) is 17.7 Å². The van der Waals surface area contributed by atoms with Crippen molar-refractivity contribution in [1.29, 1.82) is 0 Å². The average Bonchev–Trinajstić information content (AvgIpc) is 3.03. The molecule has 10 heteroatoms. The van der Waals surface area contributed by atoms with Crippen molar-refractivity contribution in [1.82, 2.24) is 0 Å². The molecule has 9 nitrogen and oxygen atoms in total. The third kappa shape index (κ3) is 8.91. The predicted molar refractivity (Wildman–Crippen MR) is 167 cm³/mol. The van der Waals surface area contributed by atoms with E-state index in [1.54, 1.807) is 91.0 Å². The van der Waals surface area contributed by atoms with E-state index in [9.17, 15) is 18.4 Å². The summed E-state index contributed by atoms with van der Waals surface area (Å²) < 4.78 is 40.7. The highest BCUT2D eigenvalue weighted by molar-refractivity contribution is 7.81. The molecule has 2 N–H and O–H groups in total. The van der Waals surface area contributed by atoms with Gasteiger partial charge in [0.15, 0.2) is 0 Å². The number of esters is 1. The van der Waals surface area contributed by atoms with Crippen LogP contribution in [0.2, 0.25) is 0 Å².